The minimum atomic E-state index is 0.758. The number of nitrogens with zero attached hydrogens (tertiary/aromatic N) is 3. The maximum absolute atomic E-state index is 9.08. The zero-order chi connectivity index (χ0) is 15.6. The molecule has 3 nitrogen and oxygen atoms in total. The molecule has 0 spiro atoms. The molecular formula is C20H27N3. The molecule has 0 radical (unpaired) electrons. The normalized spacial score (nSPS) is 29.0. The molecule has 1 aromatic carbocycles. The molecule has 0 unspecified atom stereocenters. The van der Waals surface area contributed by atoms with Crippen LogP contribution in [-0.2, 0) is 6.54 Å². The molecule has 5 rings (SSSR count). The first kappa shape index (κ1) is 15.2. The van der Waals surface area contributed by atoms with E-state index in [4.69, 9.17) is 5.26 Å². The van der Waals surface area contributed by atoms with Crippen LogP contribution in [0.15, 0.2) is 24.3 Å². The summed E-state index contributed by atoms with van der Waals surface area (Å²) in [6, 6.07) is 11.2. The highest BCUT2D eigenvalue weighted by atomic mass is 15.3. The molecule has 1 aromatic rings. The summed E-state index contributed by atoms with van der Waals surface area (Å²) in [4.78, 5) is 5.45. The van der Waals surface area contributed by atoms with Crippen molar-refractivity contribution < 1.29 is 0 Å². The Hall–Kier alpha value is -1.37. The molecule has 0 amide bonds. The lowest BCUT2D eigenvalue weighted by atomic mass is 9.83. The highest BCUT2D eigenvalue weighted by molar-refractivity contribution is 5.32. The number of benzene rings is 1. The van der Waals surface area contributed by atoms with Gasteiger partial charge in [0.25, 0.3) is 0 Å². The van der Waals surface area contributed by atoms with Gasteiger partial charge in [-0.05, 0) is 55.2 Å². The minimum absolute atomic E-state index is 0.758. The maximum atomic E-state index is 9.08. The topological polar surface area (TPSA) is 30.3 Å². The Bertz CT molecular complexity index is 587. The summed E-state index contributed by atoms with van der Waals surface area (Å²) in [5.74, 6) is 1.82. The van der Waals surface area contributed by atoms with Crippen molar-refractivity contribution in [2.24, 2.45) is 11.8 Å². The summed E-state index contributed by atoms with van der Waals surface area (Å²) in [6.45, 7) is 6.10. The Labute approximate surface area is 139 Å². The van der Waals surface area contributed by atoms with Crippen LogP contribution in [0.3, 0.4) is 0 Å². The van der Waals surface area contributed by atoms with E-state index in [1.165, 1.54) is 63.8 Å². The van der Waals surface area contributed by atoms with E-state index in [1.807, 2.05) is 12.1 Å². The van der Waals surface area contributed by atoms with E-state index >= 15 is 0 Å². The monoisotopic (exact) mass is 309 g/mol. The first-order valence-corrected chi connectivity index (χ1v) is 9.25. The van der Waals surface area contributed by atoms with Gasteiger partial charge in [-0.3, -0.25) is 9.80 Å². The standard InChI is InChI=1S/C20H27N3/c21-10-17-5-2-6-18(9-17)11-22-12-19-7-8-20(15-22)23(14-19)13-16-3-1-4-16/h2,5-6,9,16,19-20H,1,3-4,7-8,11-15H2/t19-,20+/m0/s1. The van der Waals surface area contributed by atoms with Gasteiger partial charge in [-0.25, -0.2) is 0 Å². The number of fused-ring (bicyclic) bond motifs is 4. The number of nitriles is 1. The number of piperidine rings is 1. The number of hydrogen-bond acceptors (Lipinski definition) is 3. The van der Waals surface area contributed by atoms with Gasteiger partial charge >= 0.3 is 0 Å². The van der Waals surface area contributed by atoms with Crippen molar-refractivity contribution in [3.8, 4) is 6.07 Å². The third kappa shape index (κ3) is 3.44. The van der Waals surface area contributed by atoms with Gasteiger partial charge in [0.2, 0.25) is 0 Å². The number of rotatable bonds is 4. The summed E-state index contributed by atoms with van der Waals surface area (Å²) < 4.78 is 0. The maximum Gasteiger partial charge on any atom is 0.0991 e. The van der Waals surface area contributed by atoms with Gasteiger partial charge < -0.3 is 0 Å². The van der Waals surface area contributed by atoms with Crippen LogP contribution in [0.4, 0.5) is 0 Å². The van der Waals surface area contributed by atoms with Crippen molar-refractivity contribution in [1.29, 1.82) is 5.26 Å². The second-order valence-electron chi connectivity index (χ2n) is 7.85. The van der Waals surface area contributed by atoms with Crippen molar-refractivity contribution in [3.63, 3.8) is 0 Å². The molecule has 2 bridgehead atoms. The third-order valence-electron chi connectivity index (χ3n) is 6.08. The fourth-order valence-corrected chi connectivity index (χ4v) is 4.63. The lowest BCUT2D eigenvalue weighted by Gasteiger charge is -2.40. The molecule has 0 N–H and O–H groups in total. The summed E-state index contributed by atoms with van der Waals surface area (Å²) >= 11 is 0. The van der Waals surface area contributed by atoms with Crippen LogP contribution >= 0.6 is 0 Å². The second kappa shape index (κ2) is 6.63. The van der Waals surface area contributed by atoms with Crippen molar-refractivity contribution in [2.75, 3.05) is 26.2 Å². The summed E-state index contributed by atoms with van der Waals surface area (Å²) in [6.07, 6.45) is 7.15. The third-order valence-corrected chi connectivity index (χ3v) is 6.08. The van der Waals surface area contributed by atoms with Gasteiger partial charge in [-0.15, -0.1) is 0 Å². The molecule has 1 aliphatic carbocycles. The van der Waals surface area contributed by atoms with Gasteiger partial charge in [0.1, 0.15) is 0 Å². The van der Waals surface area contributed by atoms with Crippen molar-refractivity contribution in [3.05, 3.63) is 35.4 Å². The molecule has 122 valence electrons. The molecule has 3 heteroatoms. The Morgan fingerprint density at radius 2 is 2.00 bits per heavy atom. The van der Waals surface area contributed by atoms with E-state index in [0.29, 0.717) is 0 Å². The van der Waals surface area contributed by atoms with Crippen LogP contribution in [0.25, 0.3) is 0 Å². The average Bonchev–Trinajstić information content (AvgIpc) is 2.81. The fraction of sp³-hybridized carbons (Fsp3) is 0.650. The highest BCUT2D eigenvalue weighted by Gasteiger charge is 2.36. The lowest BCUT2D eigenvalue weighted by Crippen LogP contribution is -2.46. The second-order valence-corrected chi connectivity index (χ2v) is 7.85. The molecule has 3 heterocycles. The van der Waals surface area contributed by atoms with Crippen LogP contribution in [-0.4, -0.2) is 42.0 Å². The van der Waals surface area contributed by atoms with E-state index < -0.39 is 0 Å². The molecule has 3 saturated heterocycles. The van der Waals surface area contributed by atoms with Crippen LogP contribution < -0.4 is 0 Å². The van der Waals surface area contributed by atoms with E-state index in [9.17, 15) is 0 Å². The predicted octanol–water partition coefficient (Wildman–Crippen LogP) is 3.25. The smallest absolute Gasteiger partial charge is 0.0991 e. The van der Waals surface area contributed by atoms with Gasteiger partial charge in [-0.2, -0.15) is 5.26 Å². The predicted molar refractivity (Wildman–Crippen MR) is 91.9 cm³/mol. The summed E-state index contributed by atoms with van der Waals surface area (Å²) in [5.41, 5.74) is 2.07. The largest absolute Gasteiger partial charge is 0.299 e. The lowest BCUT2D eigenvalue weighted by molar-refractivity contribution is 0.0891. The van der Waals surface area contributed by atoms with E-state index in [2.05, 4.69) is 28.0 Å². The fourth-order valence-electron chi connectivity index (χ4n) is 4.63. The summed E-state index contributed by atoms with van der Waals surface area (Å²) in [7, 11) is 0. The zero-order valence-corrected chi connectivity index (χ0v) is 14.0. The Morgan fingerprint density at radius 1 is 1.09 bits per heavy atom. The molecule has 4 fully saturated rings. The van der Waals surface area contributed by atoms with Gasteiger partial charge in [0.15, 0.2) is 0 Å². The molecule has 1 saturated carbocycles. The first-order valence-electron chi connectivity index (χ1n) is 9.25. The van der Waals surface area contributed by atoms with Crippen molar-refractivity contribution >= 4 is 0 Å². The van der Waals surface area contributed by atoms with Crippen molar-refractivity contribution in [2.45, 2.75) is 44.7 Å². The van der Waals surface area contributed by atoms with Crippen LogP contribution in [0.2, 0.25) is 0 Å². The Morgan fingerprint density at radius 3 is 2.78 bits per heavy atom. The highest BCUT2D eigenvalue weighted by Crippen LogP contribution is 2.33. The van der Waals surface area contributed by atoms with Crippen LogP contribution in [0, 0.1) is 23.2 Å². The van der Waals surface area contributed by atoms with Gasteiger partial charge in [0.05, 0.1) is 11.6 Å². The van der Waals surface area contributed by atoms with E-state index in [1.54, 1.807) is 0 Å². The zero-order valence-electron chi connectivity index (χ0n) is 14.0. The minimum Gasteiger partial charge on any atom is -0.299 e. The van der Waals surface area contributed by atoms with Crippen LogP contribution in [0.1, 0.15) is 43.2 Å². The SMILES string of the molecule is N#Cc1cccc(CN2C[C@@H]3CC[C@H](C2)N(CC2CCC2)C3)c1. The first-order chi connectivity index (χ1) is 11.3. The van der Waals surface area contributed by atoms with Crippen LogP contribution in [0.5, 0.6) is 0 Å². The van der Waals surface area contributed by atoms with Gasteiger partial charge in [0, 0.05) is 38.8 Å². The molecule has 23 heavy (non-hydrogen) atoms. The Balaban J connectivity index is 1.41. The molecule has 0 aromatic heterocycles. The Kier molecular flexibility index (Phi) is 4.37. The van der Waals surface area contributed by atoms with E-state index in [0.717, 1.165) is 30.0 Å². The number of hydrogen-bond donors (Lipinski definition) is 0. The van der Waals surface area contributed by atoms with E-state index in [-0.39, 0.29) is 0 Å². The molecule has 3 aliphatic heterocycles. The van der Waals surface area contributed by atoms with Gasteiger partial charge in [-0.1, -0.05) is 18.6 Å². The summed E-state index contributed by atoms with van der Waals surface area (Å²) in [5, 5.41) is 9.08. The average molecular weight is 309 g/mol. The molecule has 2 atom stereocenters. The quantitative estimate of drug-likeness (QED) is 0.855. The van der Waals surface area contributed by atoms with Crippen molar-refractivity contribution in [1.82, 2.24) is 9.80 Å². The molecular weight excluding hydrogens is 282 g/mol. The molecule has 4 aliphatic rings.